The van der Waals surface area contributed by atoms with Gasteiger partial charge in [-0.1, -0.05) is 60.7 Å². The van der Waals surface area contributed by atoms with Crippen LogP contribution in [0.1, 0.15) is 12.8 Å². The second-order valence-electron chi connectivity index (χ2n) is 7.17. The molecule has 0 radical (unpaired) electrons. The number of fused-ring (bicyclic) bond motifs is 2. The van der Waals surface area contributed by atoms with Crippen molar-refractivity contribution in [2.24, 2.45) is 0 Å². The summed E-state index contributed by atoms with van der Waals surface area (Å²) in [5, 5.41) is 22.8. The van der Waals surface area contributed by atoms with Crippen LogP contribution in [0.25, 0.3) is 32.7 Å². The molecule has 0 spiro atoms. The number of rotatable bonds is 9. The highest BCUT2D eigenvalue weighted by atomic mass is 16.5. The predicted octanol–water partition coefficient (Wildman–Crippen LogP) is 5.18. The van der Waals surface area contributed by atoms with Gasteiger partial charge in [0.2, 0.25) is 0 Å². The SMILES string of the molecule is OCCCOc1ccc2ccccc2c1-c1c(OCCCO)ccc2ccccc12. The van der Waals surface area contributed by atoms with Crippen molar-refractivity contribution < 1.29 is 19.7 Å². The smallest absolute Gasteiger partial charge is 0.127 e. The van der Waals surface area contributed by atoms with E-state index in [-0.39, 0.29) is 13.2 Å². The highest BCUT2D eigenvalue weighted by Gasteiger charge is 2.19. The van der Waals surface area contributed by atoms with Crippen molar-refractivity contribution in [2.75, 3.05) is 26.4 Å². The van der Waals surface area contributed by atoms with Crippen molar-refractivity contribution in [1.82, 2.24) is 0 Å². The molecule has 0 aromatic heterocycles. The molecule has 0 fully saturated rings. The summed E-state index contributed by atoms with van der Waals surface area (Å²) in [4.78, 5) is 0. The maximum Gasteiger partial charge on any atom is 0.127 e. The van der Waals surface area contributed by atoms with E-state index in [0.29, 0.717) is 26.1 Å². The Morgan fingerprint density at radius 2 is 0.967 bits per heavy atom. The molecule has 0 unspecified atom stereocenters. The fraction of sp³-hybridized carbons (Fsp3) is 0.231. The lowest BCUT2D eigenvalue weighted by Gasteiger charge is -2.19. The Bertz CT molecular complexity index is 1050. The van der Waals surface area contributed by atoms with Crippen LogP contribution in [-0.4, -0.2) is 36.6 Å². The minimum absolute atomic E-state index is 0.0900. The first-order chi connectivity index (χ1) is 14.8. The number of aliphatic hydroxyl groups is 2. The first-order valence-corrected chi connectivity index (χ1v) is 10.3. The zero-order valence-corrected chi connectivity index (χ0v) is 16.9. The molecular weight excluding hydrogens is 376 g/mol. The summed E-state index contributed by atoms with van der Waals surface area (Å²) < 4.78 is 12.2. The molecule has 154 valence electrons. The highest BCUT2D eigenvalue weighted by Crippen LogP contribution is 2.45. The molecule has 0 amide bonds. The number of hydrogen-bond donors (Lipinski definition) is 2. The molecule has 0 heterocycles. The Morgan fingerprint density at radius 3 is 1.40 bits per heavy atom. The van der Waals surface area contributed by atoms with Gasteiger partial charge in [-0.25, -0.2) is 0 Å². The lowest BCUT2D eigenvalue weighted by atomic mass is 9.92. The standard InChI is InChI=1S/C26H26O4/c27-15-5-17-29-23-13-11-19-7-1-3-9-21(19)25(23)26-22-10-4-2-8-20(22)12-14-24(26)30-18-6-16-28/h1-4,7-14,27-28H,5-6,15-18H2. The lowest BCUT2D eigenvalue weighted by Crippen LogP contribution is -2.04. The average molecular weight is 402 g/mol. The van der Waals surface area contributed by atoms with Crippen LogP contribution in [0.4, 0.5) is 0 Å². The molecule has 0 aliphatic rings. The van der Waals surface area contributed by atoms with Gasteiger partial charge in [0.25, 0.3) is 0 Å². The van der Waals surface area contributed by atoms with E-state index in [1.54, 1.807) is 0 Å². The quantitative estimate of drug-likeness (QED) is 0.379. The number of aliphatic hydroxyl groups excluding tert-OH is 2. The summed E-state index contributed by atoms with van der Waals surface area (Å²) in [5.74, 6) is 1.54. The summed E-state index contributed by atoms with van der Waals surface area (Å²) in [7, 11) is 0. The molecule has 0 saturated heterocycles. The summed E-state index contributed by atoms with van der Waals surface area (Å²) in [6, 6.07) is 24.6. The van der Waals surface area contributed by atoms with Gasteiger partial charge in [0.05, 0.1) is 13.2 Å². The van der Waals surface area contributed by atoms with E-state index in [9.17, 15) is 10.2 Å². The molecule has 0 saturated carbocycles. The number of hydrogen-bond acceptors (Lipinski definition) is 4. The van der Waals surface area contributed by atoms with Gasteiger partial charge in [-0.15, -0.1) is 0 Å². The normalized spacial score (nSPS) is 11.1. The van der Waals surface area contributed by atoms with Crippen LogP contribution in [-0.2, 0) is 0 Å². The summed E-state index contributed by atoms with van der Waals surface area (Å²) >= 11 is 0. The molecule has 4 aromatic rings. The molecule has 0 bridgehead atoms. The van der Waals surface area contributed by atoms with E-state index in [0.717, 1.165) is 44.2 Å². The number of ether oxygens (including phenoxy) is 2. The lowest BCUT2D eigenvalue weighted by molar-refractivity contribution is 0.232. The molecule has 0 atom stereocenters. The maximum absolute atomic E-state index is 9.19. The Hall–Kier alpha value is -3.08. The van der Waals surface area contributed by atoms with E-state index in [2.05, 4.69) is 36.4 Å². The minimum atomic E-state index is 0.0900. The van der Waals surface area contributed by atoms with E-state index in [4.69, 9.17) is 9.47 Å². The van der Waals surface area contributed by atoms with Crippen LogP contribution in [0.5, 0.6) is 11.5 Å². The van der Waals surface area contributed by atoms with Crippen molar-refractivity contribution in [1.29, 1.82) is 0 Å². The van der Waals surface area contributed by atoms with Gasteiger partial charge in [0.1, 0.15) is 11.5 Å². The molecule has 4 heteroatoms. The van der Waals surface area contributed by atoms with Gasteiger partial charge < -0.3 is 19.7 Å². The summed E-state index contributed by atoms with van der Waals surface area (Å²) in [6.07, 6.45) is 1.14. The molecule has 30 heavy (non-hydrogen) atoms. The van der Waals surface area contributed by atoms with Crippen LogP contribution in [0, 0.1) is 0 Å². The van der Waals surface area contributed by atoms with Crippen molar-refractivity contribution in [3.8, 4) is 22.6 Å². The van der Waals surface area contributed by atoms with E-state index >= 15 is 0 Å². The van der Waals surface area contributed by atoms with Crippen LogP contribution in [0.15, 0.2) is 72.8 Å². The van der Waals surface area contributed by atoms with E-state index < -0.39 is 0 Å². The van der Waals surface area contributed by atoms with Crippen molar-refractivity contribution >= 4 is 21.5 Å². The fourth-order valence-corrected chi connectivity index (χ4v) is 3.75. The summed E-state index contributed by atoms with van der Waals surface area (Å²) in [5.41, 5.74) is 1.98. The van der Waals surface area contributed by atoms with Gasteiger partial charge in [0, 0.05) is 37.2 Å². The second-order valence-corrected chi connectivity index (χ2v) is 7.17. The Labute approximate surface area is 176 Å². The van der Waals surface area contributed by atoms with Crippen molar-refractivity contribution in [3.05, 3.63) is 72.8 Å². The zero-order chi connectivity index (χ0) is 20.8. The minimum Gasteiger partial charge on any atom is -0.493 e. The third kappa shape index (κ3) is 4.11. The molecule has 4 aromatic carbocycles. The van der Waals surface area contributed by atoms with E-state index in [1.165, 1.54) is 0 Å². The first kappa shape index (κ1) is 20.2. The van der Waals surface area contributed by atoms with Crippen LogP contribution >= 0.6 is 0 Å². The predicted molar refractivity (Wildman–Crippen MR) is 121 cm³/mol. The van der Waals surface area contributed by atoms with Crippen LogP contribution in [0.2, 0.25) is 0 Å². The maximum atomic E-state index is 9.19. The third-order valence-electron chi connectivity index (χ3n) is 5.15. The van der Waals surface area contributed by atoms with Gasteiger partial charge in [-0.3, -0.25) is 0 Å². The summed E-state index contributed by atoms with van der Waals surface area (Å²) in [6.45, 7) is 1.06. The van der Waals surface area contributed by atoms with Crippen LogP contribution < -0.4 is 9.47 Å². The molecule has 4 rings (SSSR count). The van der Waals surface area contributed by atoms with Crippen LogP contribution in [0.3, 0.4) is 0 Å². The number of benzene rings is 4. The largest absolute Gasteiger partial charge is 0.493 e. The Kier molecular flexibility index (Phi) is 6.47. The first-order valence-electron chi connectivity index (χ1n) is 10.3. The molecule has 2 N–H and O–H groups in total. The van der Waals surface area contributed by atoms with Gasteiger partial charge in [-0.05, 0) is 33.7 Å². The molecule has 0 aliphatic carbocycles. The highest BCUT2D eigenvalue weighted by molar-refractivity contribution is 6.09. The van der Waals surface area contributed by atoms with Gasteiger partial charge >= 0.3 is 0 Å². The van der Waals surface area contributed by atoms with Gasteiger partial charge in [0.15, 0.2) is 0 Å². The van der Waals surface area contributed by atoms with E-state index in [1.807, 2.05) is 36.4 Å². The topological polar surface area (TPSA) is 58.9 Å². The van der Waals surface area contributed by atoms with Gasteiger partial charge in [-0.2, -0.15) is 0 Å². The molecule has 4 nitrogen and oxygen atoms in total. The monoisotopic (exact) mass is 402 g/mol. The Balaban J connectivity index is 1.97. The average Bonchev–Trinajstić information content (AvgIpc) is 2.79. The Morgan fingerprint density at radius 1 is 0.533 bits per heavy atom. The van der Waals surface area contributed by atoms with Crippen molar-refractivity contribution in [2.45, 2.75) is 12.8 Å². The fourth-order valence-electron chi connectivity index (χ4n) is 3.75. The van der Waals surface area contributed by atoms with Crippen molar-refractivity contribution in [3.63, 3.8) is 0 Å². The zero-order valence-electron chi connectivity index (χ0n) is 16.9. The molecule has 0 aliphatic heterocycles. The second kappa shape index (κ2) is 9.61. The molecular formula is C26H26O4. The third-order valence-corrected chi connectivity index (χ3v) is 5.15.